The van der Waals surface area contributed by atoms with Gasteiger partial charge in [0.25, 0.3) is 0 Å². The Labute approximate surface area is 138 Å². The Morgan fingerprint density at radius 1 is 1.38 bits per heavy atom. The molecule has 2 rings (SSSR count). The first kappa shape index (κ1) is 17.3. The van der Waals surface area contributed by atoms with Crippen LogP contribution in [0.4, 0.5) is 14.5 Å². The van der Waals surface area contributed by atoms with E-state index in [1.807, 2.05) is 31.2 Å². The summed E-state index contributed by atoms with van der Waals surface area (Å²) in [6, 6.07) is 7.58. The maximum Gasteiger partial charge on any atom is 0.319 e. The number of aliphatic imine (C=N–C) groups is 1. The molecule has 1 aromatic carbocycles. The zero-order valence-corrected chi connectivity index (χ0v) is 13.7. The van der Waals surface area contributed by atoms with Crippen LogP contribution in [-0.4, -0.2) is 15.5 Å². The minimum Gasteiger partial charge on any atom is -0.370 e. The SMILES string of the molecule is Cc1ccc(NC(N)=NCc2nccn2C(F)F)cc1.I. The molecular weight excluding hydrogens is 391 g/mol. The minimum absolute atomic E-state index is 0. The fraction of sp³-hybridized carbons (Fsp3) is 0.231. The van der Waals surface area contributed by atoms with E-state index in [9.17, 15) is 8.78 Å². The van der Waals surface area contributed by atoms with Gasteiger partial charge in [0.1, 0.15) is 12.4 Å². The van der Waals surface area contributed by atoms with Crippen molar-refractivity contribution in [3.05, 3.63) is 48.0 Å². The number of nitrogens with one attached hydrogen (secondary N) is 1. The van der Waals surface area contributed by atoms with Crippen molar-refractivity contribution in [2.75, 3.05) is 5.32 Å². The van der Waals surface area contributed by atoms with E-state index in [4.69, 9.17) is 5.73 Å². The van der Waals surface area contributed by atoms with Crippen molar-refractivity contribution in [2.45, 2.75) is 20.0 Å². The molecule has 5 nitrogen and oxygen atoms in total. The van der Waals surface area contributed by atoms with E-state index in [2.05, 4.69) is 15.3 Å². The highest BCUT2D eigenvalue weighted by Crippen LogP contribution is 2.13. The number of hydrogen-bond acceptors (Lipinski definition) is 2. The number of nitrogens with two attached hydrogens (primary N) is 1. The average molecular weight is 407 g/mol. The fourth-order valence-electron chi connectivity index (χ4n) is 1.62. The van der Waals surface area contributed by atoms with E-state index in [1.54, 1.807) is 0 Å². The first-order valence-corrected chi connectivity index (χ1v) is 6.00. The summed E-state index contributed by atoms with van der Waals surface area (Å²) >= 11 is 0. The highest BCUT2D eigenvalue weighted by molar-refractivity contribution is 14.0. The quantitative estimate of drug-likeness (QED) is 0.465. The van der Waals surface area contributed by atoms with E-state index in [-0.39, 0.29) is 42.3 Å². The van der Waals surface area contributed by atoms with Crippen molar-refractivity contribution >= 4 is 35.6 Å². The number of guanidine groups is 1. The molecule has 21 heavy (non-hydrogen) atoms. The van der Waals surface area contributed by atoms with Crippen LogP contribution in [-0.2, 0) is 6.54 Å². The van der Waals surface area contributed by atoms with Gasteiger partial charge in [-0.25, -0.2) is 9.98 Å². The molecule has 8 heteroatoms. The molecule has 0 saturated carbocycles. The number of alkyl halides is 2. The second-order valence-electron chi connectivity index (χ2n) is 4.22. The van der Waals surface area contributed by atoms with Crippen molar-refractivity contribution in [2.24, 2.45) is 10.7 Å². The zero-order chi connectivity index (χ0) is 14.5. The Hall–Kier alpha value is -1.71. The molecule has 0 amide bonds. The summed E-state index contributed by atoms with van der Waals surface area (Å²) in [5, 5.41) is 2.88. The first-order valence-electron chi connectivity index (χ1n) is 6.00. The van der Waals surface area contributed by atoms with Crippen molar-refractivity contribution < 1.29 is 8.78 Å². The average Bonchev–Trinajstić information content (AvgIpc) is 2.88. The normalized spacial score (nSPS) is 11.3. The Morgan fingerprint density at radius 3 is 2.67 bits per heavy atom. The summed E-state index contributed by atoms with van der Waals surface area (Å²) in [6.45, 7) is -0.665. The van der Waals surface area contributed by atoms with E-state index in [1.165, 1.54) is 12.4 Å². The molecule has 1 heterocycles. The lowest BCUT2D eigenvalue weighted by Crippen LogP contribution is -2.22. The van der Waals surface area contributed by atoms with Crippen LogP contribution in [0.2, 0.25) is 0 Å². The Balaban J connectivity index is 0.00000220. The van der Waals surface area contributed by atoms with Gasteiger partial charge in [-0.3, -0.25) is 4.57 Å². The van der Waals surface area contributed by atoms with Crippen molar-refractivity contribution in [1.82, 2.24) is 9.55 Å². The maximum absolute atomic E-state index is 12.6. The van der Waals surface area contributed by atoms with Gasteiger partial charge in [-0.05, 0) is 19.1 Å². The minimum atomic E-state index is -2.63. The lowest BCUT2D eigenvalue weighted by molar-refractivity contribution is 0.0671. The third-order valence-corrected chi connectivity index (χ3v) is 2.67. The van der Waals surface area contributed by atoms with Gasteiger partial charge < -0.3 is 11.1 Å². The molecule has 0 saturated heterocycles. The molecule has 1 aromatic heterocycles. The fourth-order valence-corrected chi connectivity index (χ4v) is 1.62. The second-order valence-corrected chi connectivity index (χ2v) is 4.22. The number of hydrogen-bond donors (Lipinski definition) is 2. The molecular formula is C13H16F2IN5. The second kappa shape index (κ2) is 7.91. The van der Waals surface area contributed by atoms with Gasteiger partial charge in [0, 0.05) is 18.1 Å². The standard InChI is InChI=1S/C13H15F2N5.HI/c1-9-2-4-10(5-3-9)19-13(16)18-8-11-17-6-7-20(11)12(14)15;/h2-7,12H,8H2,1H3,(H3,16,18,19);1H. The Kier molecular flexibility index (Phi) is 6.53. The Bertz CT molecular complexity index is 595. The predicted molar refractivity (Wildman–Crippen MR) is 89.0 cm³/mol. The highest BCUT2D eigenvalue weighted by atomic mass is 127. The monoisotopic (exact) mass is 407 g/mol. The number of imidazole rings is 1. The highest BCUT2D eigenvalue weighted by Gasteiger charge is 2.10. The summed E-state index contributed by atoms with van der Waals surface area (Å²) < 4.78 is 25.9. The lowest BCUT2D eigenvalue weighted by atomic mass is 10.2. The zero-order valence-electron chi connectivity index (χ0n) is 11.3. The molecule has 0 bridgehead atoms. The summed E-state index contributed by atoms with van der Waals surface area (Å²) in [6.07, 6.45) is 2.51. The molecule has 0 aliphatic rings. The number of anilines is 1. The molecule has 0 aliphatic carbocycles. The molecule has 0 aliphatic heterocycles. The number of aromatic nitrogens is 2. The summed E-state index contributed by atoms with van der Waals surface area (Å²) in [7, 11) is 0. The topological polar surface area (TPSA) is 68.2 Å². The van der Waals surface area contributed by atoms with Crippen LogP contribution >= 0.6 is 24.0 Å². The van der Waals surface area contributed by atoms with Gasteiger partial charge in [-0.2, -0.15) is 8.78 Å². The van der Waals surface area contributed by atoms with Gasteiger partial charge >= 0.3 is 6.55 Å². The smallest absolute Gasteiger partial charge is 0.319 e. The largest absolute Gasteiger partial charge is 0.370 e. The molecule has 0 atom stereocenters. The molecule has 0 spiro atoms. The van der Waals surface area contributed by atoms with E-state index in [0.29, 0.717) is 0 Å². The van der Waals surface area contributed by atoms with Crippen LogP contribution in [0, 0.1) is 6.92 Å². The third kappa shape index (κ3) is 4.96. The van der Waals surface area contributed by atoms with Crippen molar-refractivity contribution in [3.8, 4) is 0 Å². The predicted octanol–water partition coefficient (Wildman–Crippen LogP) is 3.13. The van der Waals surface area contributed by atoms with Gasteiger partial charge in [-0.1, -0.05) is 17.7 Å². The number of rotatable bonds is 4. The summed E-state index contributed by atoms with van der Waals surface area (Å²) in [5.41, 5.74) is 7.62. The summed E-state index contributed by atoms with van der Waals surface area (Å²) in [4.78, 5) is 7.81. The third-order valence-electron chi connectivity index (χ3n) is 2.67. The van der Waals surface area contributed by atoms with Crippen molar-refractivity contribution in [1.29, 1.82) is 0 Å². The van der Waals surface area contributed by atoms with E-state index < -0.39 is 6.55 Å². The molecule has 0 fully saturated rings. The van der Waals surface area contributed by atoms with Crippen LogP contribution in [0.1, 0.15) is 17.9 Å². The number of benzene rings is 1. The molecule has 0 unspecified atom stereocenters. The molecule has 2 aromatic rings. The van der Waals surface area contributed by atoms with Crippen LogP contribution < -0.4 is 11.1 Å². The lowest BCUT2D eigenvalue weighted by Gasteiger charge is -2.07. The van der Waals surface area contributed by atoms with Crippen LogP contribution in [0.3, 0.4) is 0 Å². The van der Waals surface area contributed by atoms with Gasteiger partial charge in [0.2, 0.25) is 0 Å². The van der Waals surface area contributed by atoms with Gasteiger partial charge in [0.15, 0.2) is 5.96 Å². The van der Waals surface area contributed by atoms with Crippen LogP contribution in [0.25, 0.3) is 0 Å². The summed E-state index contributed by atoms with van der Waals surface area (Å²) in [5.74, 6) is 0.311. The molecule has 114 valence electrons. The van der Waals surface area contributed by atoms with E-state index >= 15 is 0 Å². The van der Waals surface area contributed by atoms with Gasteiger partial charge in [-0.15, -0.1) is 24.0 Å². The molecule has 3 N–H and O–H groups in total. The van der Waals surface area contributed by atoms with E-state index in [0.717, 1.165) is 15.8 Å². The van der Waals surface area contributed by atoms with Crippen LogP contribution in [0.15, 0.2) is 41.7 Å². The number of halogens is 3. The maximum atomic E-state index is 12.6. The molecule has 0 radical (unpaired) electrons. The van der Waals surface area contributed by atoms with Crippen molar-refractivity contribution in [3.63, 3.8) is 0 Å². The number of aryl methyl sites for hydroxylation is 1. The number of nitrogens with zero attached hydrogens (tertiary/aromatic N) is 3. The Morgan fingerprint density at radius 2 is 2.05 bits per heavy atom. The van der Waals surface area contributed by atoms with Gasteiger partial charge in [0.05, 0.1) is 0 Å². The first-order chi connectivity index (χ1) is 9.56. The van der Waals surface area contributed by atoms with Crippen LogP contribution in [0.5, 0.6) is 0 Å².